The van der Waals surface area contributed by atoms with Crippen LogP contribution in [-0.4, -0.2) is 15.8 Å². The van der Waals surface area contributed by atoms with Crippen LogP contribution in [0.5, 0.6) is 0 Å². The lowest BCUT2D eigenvalue weighted by Crippen LogP contribution is -2.61. The summed E-state index contributed by atoms with van der Waals surface area (Å²) in [5, 5.41) is -0.524. The predicted octanol–water partition coefficient (Wildman–Crippen LogP) is 25.9. The van der Waals surface area contributed by atoms with Gasteiger partial charge in [0.1, 0.15) is 0 Å². The number of hydrogen-bond donors (Lipinski definition) is 0. The van der Waals surface area contributed by atoms with E-state index in [0.717, 1.165) is 55.6 Å². The van der Waals surface area contributed by atoms with Crippen LogP contribution in [0.1, 0.15) is 105 Å². The Hall–Kier alpha value is -12.4. The van der Waals surface area contributed by atoms with Crippen LogP contribution < -0.4 is 26.2 Å². The molecule has 15 aromatic carbocycles. The van der Waals surface area contributed by atoms with Crippen molar-refractivity contribution in [2.24, 2.45) is 0 Å². The quantitative estimate of drug-likeness (QED) is 0.127. The minimum Gasteiger partial charge on any atom is -0.310 e. The molecule has 0 saturated heterocycles. The summed E-state index contributed by atoms with van der Waals surface area (Å²) >= 11 is 0. The fourth-order valence-electron chi connectivity index (χ4n) is 15.8. The highest BCUT2D eigenvalue weighted by Crippen LogP contribution is 2.56. The number of rotatable bonds is 10. The van der Waals surface area contributed by atoms with Gasteiger partial charge in [-0.3, -0.25) is 0 Å². The molecule has 4 heterocycles. The maximum Gasteiger partial charge on any atom is 0.252 e. The summed E-state index contributed by atoms with van der Waals surface area (Å²) in [6, 6.07) is 63.7. The number of fused-ring (bicyclic) bond motifs is 10. The number of para-hydroxylation sites is 4. The largest absolute Gasteiger partial charge is 0.310 e. The Bertz CT molecular complexity index is 7340. The Morgan fingerprint density at radius 1 is 0.271 bits per heavy atom. The SMILES string of the molecule is [2H]c1cc(-n2c3c([2H])c([2H])cc([2H])c3c3c([2H])c([2H])c([2H])c([2H])c32)cc2c1B1c3c([2H])cc(-n4c5c([2H])c([2H])c([2H])c([2H])c5c5c([2H])c([2H])c([2H])c([2H])c54)cc3N(c3c(-c4ccccc4)cc(C(C)(C)C)cc3-c3ccccc3)c3c([2H])c(C(C)(C)C)c([2H])c(c31)N2c1c(-c2cccc(-c3ccccc3)c2)cc(C(C)(C)C)cc1-c1cccc(-c2ccccc2)c1. The molecular weight excluding hydrogens is 1290 g/mol. The summed E-state index contributed by atoms with van der Waals surface area (Å²) < 4.78 is 193. The third-order valence-corrected chi connectivity index (χ3v) is 21.2. The molecule has 17 aromatic rings. The molecule has 0 amide bonds. The van der Waals surface area contributed by atoms with Crippen molar-refractivity contribution in [2.45, 2.75) is 78.6 Å². The van der Waals surface area contributed by atoms with Crippen LogP contribution >= 0.6 is 0 Å². The molecule has 0 N–H and O–H groups in total. The Morgan fingerprint density at radius 3 is 0.981 bits per heavy atom. The molecule has 19 rings (SSSR count). The second-order valence-corrected chi connectivity index (χ2v) is 31.0. The van der Waals surface area contributed by atoms with Gasteiger partial charge in [0.25, 0.3) is 6.71 Å². The predicted molar refractivity (Wildman–Crippen MR) is 458 cm³/mol. The van der Waals surface area contributed by atoms with Crippen molar-refractivity contribution in [1.82, 2.24) is 9.13 Å². The Balaban J connectivity index is 1.08. The molecule has 514 valence electrons. The van der Waals surface area contributed by atoms with Crippen molar-refractivity contribution >= 4 is 101 Å². The van der Waals surface area contributed by atoms with Gasteiger partial charge in [-0.15, -0.1) is 0 Å². The van der Waals surface area contributed by atoms with Crippen molar-refractivity contribution in [1.29, 1.82) is 0 Å². The number of nitrogens with zero attached hydrogens (tertiary/aromatic N) is 4. The van der Waals surface area contributed by atoms with Gasteiger partial charge in [-0.25, -0.2) is 0 Å². The maximum atomic E-state index is 11.9. The molecule has 0 atom stereocenters. The van der Waals surface area contributed by atoms with E-state index in [4.69, 9.17) is 2.74 Å². The van der Waals surface area contributed by atoms with Crippen molar-refractivity contribution in [3.8, 4) is 78.1 Å². The van der Waals surface area contributed by atoms with Gasteiger partial charge < -0.3 is 18.9 Å². The lowest BCUT2D eigenvalue weighted by Gasteiger charge is -2.47. The Labute approximate surface area is 655 Å². The first kappa shape index (κ1) is 47.8. The van der Waals surface area contributed by atoms with E-state index in [1.54, 1.807) is 12.1 Å². The summed E-state index contributed by atoms with van der Waals surface area (Å²) in [7, 11) is 0. The fourth-order valence-corrected chi connectivity index (χ4v) is 15.8. The van der Waals surface area contributed by atoms with E-state index in [1.807, 2.05) is 164 Å². The molecule has 0 aliphatic carbocycles. The molecule has 0 bridgehead atoms. The summed E-state index contributed by atoms with van der Waals surface area (Å²) in [5.41, 5.74) is 10.9. The lowest BCUT2D eigenvalue weighted by atomic mass is 9.33. The van der Waals surface area contributed by atoms with Crippen molar-refractivity contribution < 1.29 is 26.0 Å². The molecule has 0 spiro atoms. The monoisotopic (exact) mass is 1390 g/mol. The van der Waals surface area contributed by atoms with E-state index in [0.29, 0.717) is 39.1 Å². The van der Waals surface area contributed by atoms with Crippen LogP contribution in [0.25, 0.3) is 122 Å². The van der Waals surface area contributed by atoms with Crippen LogP contribution in [0.4, 0.5) is 34.1 Å². The molecule has 107 heavy (non-hydrogen) atoms. The second kappa shape index (κ2) is 25.1. The Kier molecular flexibility index (Phi) is 11.2. The molecule has 2 aromatic heterocycles. The van der Waals surface area contributed by atoms with E-state index in [1.165, 1.54) is 27.3 Å². The summed E-state index contributed by atoms with van der Waals surface area (Å²) in [4.78, 5) is 4.02. The van der Waals surface area contributed by atoms with Gasteiger partial charge in [0, 0.05) is 77.9 Å². The molecule has 0 unspecified atom stereocenters. The molecule has 0 saturated carbocycles. The van der Waals surface area contributed by atoms with Gasteiger partial charge in [0.2, 0.25) is 0 Å². The van der Waals surface area contributed by atoms with E-state index in [2.05, 4.69) is 102 Å². The highest BCUT2D eigenvalue weighted by molar-refractivity contribution is 7.00. The zero-order valence-electron chi connectivity index (χ0n) is 79.7. The van der Waals surface area contributed by atoms with Crippen molar-refractivity contribution in [2.75, 3.05) is 9.80 Å². The van der Waals surface area contributed by atoms with Gasteiger partial charge in [0.15, 0.2) is 0 Å². The fraction of sp³-hybridized carbons (Fsp3) is 0.118. The average Bonchev–Trinajstić information content (AvgIpc) is 0.689. The van der Waals surface area contributed by atoms with Gasteiger partial charge in [-0.05, 0) is 191 Å². The van der Waals surface area contributed by atoms with Gasteiger partial charge in [0.05, 0.1) is 59.5 Å². The first-order valence-corrected chi connectivity index (χ1v) is 36.3. The van der Waals surface area contributed by atoms with E-state index >= 15 is 0 Å². The summed E-state index contributed by atoms with van der Waals surface area (Å²) in [6.45, 7) is 17.3. The average molecular weight is 1390 g/mol. The molecule has 0 fully saturated rings. The minimum atomic E-state index is -1.40. The molecule has 2 aliphatic heterocycles. The topological polar surface area (TPSA) is 16.3 Å². The van der Waals surface area contributed by atoms with Gasteiger partial charge in [-0.1, -0.05) is 305 Å². The van der Waals surface area contributed by atoms with Crippen molar-refractivity contribution in [3.63, 3.8) is 0 Å². The zero-order chi connectivity index (χ0) is 89.1. The highest BCUT2D eigenvalue weighted by Gasteiger charge is 2.47. The van der Waals surface area contributed by atoms with Gasteiger partial charge in [-0.2, -0.15) is 0 Å². The zero-order valence-corrected chi connectivity index (χ0v) is 60.7. The smallest absolute Gasteiger partial charge is 0.252 e. The molecule has 5 heteroatoms. The minimum absolute atomic E-state index is 0.0171. The van der Waals surface area contributed by atoms with Crippen LogP contribution in [0.3, 0.4) is 0 Å². The van der Waals surface area contributed by atoms with Crippen LogP contribution in [-0.2, 0) is 16.2 Å². The molecule has 4 nitrogen and oxygen atoms in total. The second-order valence-electron chi connectivity index (χ2n) is 31.0. The third kappa shape index (κ3) is 11.0. The first-order valence-electron chi connectivity index (χ1n) is 45.8. The van der Waals surface area contributed by atoms with Crippen LogP contribution in [0, 0.1) is 0 Å². The van der Waals surface area contributed by atoms with Crippen LogP contribution in [0.2, 0.25) is 0 Å². The highest BCUT2D eigenvalue weighted by atomic mass is 15.2. The first-order chi connectivity index (χ1) is 59.9. The molecule has 0 radical (unpaired) electrons. The maximum absolute atomic E-state index is 11.9. The lowest BCUT2D eigenvalue weighted by molar-refractivity contribution is 0.590. The normalized spacial score (nSPS) is 15.3. The van der Waals surface area contributed by atoms with Crippen molar-refractivity contribution in [3.05, 3.63) is 356 Å². The number of anilines is 6. The standard InChI is InChI=1S/C102H83BN4/c1-100(2,3)74-58-83(68-36-18-12-19-37-68)98(84(59-74)69-38-20-13-21-39-69)106-93-64-77(104-89-48-26-22-44-79(89)80-45-23-27-49-90(80)104)52-54-87(93)103-88-55-53-78(105-91-50-28-24-46-81(91)82-47-25-29-51-92(82)105)65-94(88)107(96-63-76(102(7,8)9)62-95(106)97(96)103)99-85(72-42-30-40-70(56-72)66-32-14-10-15-33-66)60-75(101(4,5)6)61-86(99)73-43-31-41-71(57-73)67-34-16-11-17-35-67/h10-65H,1-9H3/i22D,23D,24D,26D,27D,28D,29D,44D,45D,46D,47D,48D,49D,50D,51D,54D,55D,62D,63D. The van der Waals surface area contributed by atoms with Crippen LogP contribution in [0.15, 0.2) is 339 Å². The van der Waals surface area contributed by atoms with Gasteiger partial charge >= 0.3 is 0 Å². The molecular formula is C102H83BN4. The molecule has 2 aliphatic rings. The number of hydrogen-bond acceptors (Lipinski definition) is 2. The summed E-state index contributed by atoms with van der Waals surface area (Å²) in [5.74, 6) is 0. The number of aromatic nitrogens is 2. The third-order valence-electron chi connectivity index (χ3n) is 21.2. The summed E-state index contributed by atoms with van der Waals surface area (Å²) in [6.07, 6.45) is 0. The number of benzene rings is 15. The van der Waals surface area contributed by atoms with E-state index in [9.17, 15) is 23.3 Å². The van der Waals surface area contributed by atoms with E-state index < -0.39 is 102 Å². The Morgan fingerprint density at radius 2 is 0.598 bits per heavy atom. The van der Waals surface area contributed by atoms with E-state index in [-0.39, 0.29) is 130 Å².